The lowest BCUT2D eigenvalue weighted by Gasteiger charge is -2.39. The molecule has 0 bridgehead atoms. The molecule has 5 rings (SSSR count). The molecule has 0 radical (unpaired) electrons. The van der Waals surface area contributed by atoms with E-state index in [1.165, 1.54) is 0 Å². The van der Waals surface area contributed by atoms with E-state index in [0.29, 0.717) is 13.0 Å². The van der Waals surface area contributed by atoms with E-state index >= 15 is 0 Å². The number of H-pyrrole nitrogens is 1. The summed E-state index contributed by atoms with van der Waals surface area (Å²) in [4.78, 5) is 5.07. The third-order valence-corrected chi connectivity index (χ3v) is 6.50. The average molecular weight is 456 g/mol. The molecule has 2 nitrogen and oxygen atoms in total. The van der Waals surface area contributed by atoms with Gasteiger partial charge in [0.15, 0.2) is 23.3 Å². The lowest BCUT2D eigenvalue weighted by Crippen LogP contribution is -2.37. The van der Waals surface area contributed by atoms with E-state index in [9.17, 15) is 22.0 Å². The maximum Gasteiger partial charge on any atom is 0.200 e. The highest BCUT2D eigenvalue weighted by molar-refractivity contribution is 5.65. The number of halogens is 5. The Kier molecular flexibility index (Phi) is 5.15. The highest BCUT2D eigenvalue weighted by atomic mass is 19.2. The van der Waals surface area contributed by atoms with Crippen molar-refractivity contribution in [3.63, 3.8) is 0 Å². The van der Waals surface area contributed by atoms with Crippen LogP contribution >= 0.6 is 0 Å². The molecule has 3 aromatic rings. The Labute approximate surface area is 187 Å². The normalized spacial score (nSPS) is 17.2. The number of rotatable bonds is 3. The standard InChI is InChI=1S/C26H21F5N2/c1-13-7-9-15(10-8-13)26-25-17(16-5-3-4-6-18(16)32-25)11-12-33(26)14(2)19-20(27)22(29)24(31)23(30)21(19)28/h5-10,26,32H,2-4,11-12H2,1H3. The molecule has 0 saturated carbocycles. The van der Waals surface area contributed by atoms with E-state index in [0.717, 1.165) is 45.8 Å². The van der Waals surface area contributed by atoms with Crippen LogP contribution in [0, 0.1) is 36.0 Å². The number of benzene rings is 2. The van der Waals surface area contributed by atoms with Crippen LogP contribution in [0.4, 0.5) is 22.0 Å². The van der Waals surface area contributed by atoms with Gasteiger partial charge < -0.3 is 9.88 Å². The van der Waals surface area contributed by atoms with Crippen LogP contribution in [-0.2, 0) is 6.42 Å². The number of aryl methyl sites for hydroxylation is 1. The van der Waals surface area contributed by atoms with Crippen LogP contribution in [0.3, 0.4) is 0 Å². The Balaban J connectivity index is 1.70. The second-order valence-electron chi connectivity index (χ2n) is 8.48. The zero-order valence-electron chi connectivity index (χ0n) is 17.9. The maximum atomic E-state index is 14.6. The highest BCUT2D eigenvalue weighted by Crippen LogP contribution is 2.39. The van der Waals surface area contributed by atoms with E-state index in [4.69, 9.17) is 0 Å². The number of aromatic amines is 1. The summed E-state index contributed by atoms with van der Waals surface area (Å²) in [5, 5.41) is 2.11. The van der Waals surface area contributed by atoms with Gasteiger partial charge in [0.2, 0.25) is 5.82 Å². The predicted octanol–water partition coefficient (Wildman–Crippen LogP) is 4.99. The molecule has 0 spiro atoms. The van der Waals surface area contributed by atoms with Gasteiger partial charge in [-0.25, -0.2) is 22.0 Å². The predicted molar refractivity (Wildman–Crippen MR) is 117 cm³/mol. The van der Waals surface area contributed by atoms with Crippen LogP contribution in [0.5, 0.6) is 0 Å². The van der Waals surface area contributed by atoms with Crippen LogP contribution in [0.25, 0.3) is 17.8 Å². The summed E-state index contributed by atoms with van der Waals surface area (Å²) in [6, 6.07) is 7.13. The number of aromatic nitrogens is 1. The summed E-state index contributed by atoms with van der Waals surface area (Å²) in [7, 11) is 0. The minimum Gasteiger partial charge on any atom is -0.358 e. The van der Waals surface area contributed by atoms with Crippen LogP contribution in [0.15, 0.2) is 30.8 Å². The van der Waals surface area contributed by atoms with Gasteiger partial charge in [-0.05, 0) is 42.5 Å². The molecule has 170 valence electrons. The van der Waals surface area contributed by atoms with Crippen LogP contribution in [-0.4, -0.2) is 16.4 Å². The smallest absolute Gasteiger partial charge is 0.200 e. The summed E-state index contributed by atoms with van der Waals surface area (Å²) >= 11 is 0. The van der Waals surface area contributed by atoms with Crippen molar-refractivity contribution < 1.29 is 22.0 Å². The third kappa shape index (κ3) is 3.29. The minimum absolute atomic E-state index is 0.250. The number of nitrogens with zero attached hydrogens (tertiary/aromatic N) is 1. The van der Waals surface area contributed by atoms with Crippen LogP contribution in [0.2, 0.25) is 0 Å². The van der Waals surface area contributed by atoms with Gasteiger partial charge in [0.05, 0.1) is 11.6 Å². The first-order chi connectivity index (χ1) is 15.8. The highest BCUT2D eigenvalue weighted by Gasteiger charge is 2.36. The SMILES string of the molecule is C=C(c1c(F)c(F)c(F)c(F)c1F)N1CCc2c([nH]c3c2=CCCC=3)C1c1ccc(C)cc1. The molecule has 0 amide bonds. The second-order valence-corrected chi connectivity index (χ2v) is 8.48. The van der Waals surface area contributed by atoms with E-state index in [1.54, 1.807) is 4.90 Å². The van der Waals surface area contributed by atoms with Crippen molar-refractivity contribution in [3.8, 4) is 0 Å². The fourth-order valence-electron chi connectivity index (χ4n) is 4.85. The molecular formula is C26H21F5N2. The molecule has 7 heteroatoms. The van der Waals surface area contributed by atoms with Gasteiger partial charge in [-0.1, -0.05) is 48.6 Å². The van der Waals surface area contributed by atoms with E-state index in [-0.39, 0.29) is 5.70 Å². The van der Waals surface area contributed by atoms with Gasteiger partial charge in [-0.15, -0.1) is 0 Å². The molecule has 33 heavy (non-hydrogen) atoms. The van der Waals surface area contributed by atoms with Gasteiger partial charge in [0, 0.05) is 23.3 Å². The first kappa shape index (κ1) is 21.5. The lowest BCUT2D eigenvalue weighted by atomic mass is 9.90. The van der Waals surface area contributed by atoms with E-state index in [2.05, 4.69) is 23.7 Å². The number of nitrogens with one attached hydrogen (secondary N) is 1. The second kappa shape index (κ2) is 7.90. The molecule has 2 heterocycles. The maximum absolute atomic E-state index is 14.6. The minimum atomic E-state index is -2.18. The molecule has 1 aromatic heterocycles. The van der Waals surface area contributed by atoms with Crippen LogP contribution < -0.4 is 10.6 Å². The lowest BCUT2D eigenvalue weighted by molar-refractivity contribution is 0.308. The van der Waals surface area contributed by atoms with Crippen molar-refractivity contribution in [2.24, 2.45) is 0 Å². The molecular weight excluding hydrogens is 435 g/mol. The monoisotopic (exact) mass is 456 g/mol. The zero-order chi connectivity index (χ0) is 23.4. The topological polar surface area (TPSA) is 19.0 Å². The molecule has 2 aromatic carbocycles. The largest absolute Gasteiger partial charge is 0.358 e. The van der Waals surface area contributed by atoms with Gasteiger partial charge in [0.25, 0.3) is 0 Å². The van der Waals surface area contributed by atoms with Crippen molar-refractivity contribution >= 4 is 17.8 Å². The fourth-order valence-corrected chi connectivity index (χ4v) is 4.85. The quantitative estimate of drug-likeness (QED) is 0.334. The molecule has 0 fully saturated rings. The third-order valence-electron chi connectivity index (χ3n) is 6.50. The Morgan fingerprint density at radius 2 is 1.52 bits per heavy atom. The molecule has 1 atom stereocenters. The fraction of sp³-hybridized carbons (Fsp3) is 0.231. The molecule has 0 saturated heterocycles. The van der Waals surface area contributed by atoms with Crippen molar-refractivity contribution in [1.29, 1.82) is 0 Å². The van der Waals surface area contributed by atoms with Gasteiger partial charge >= 0.3 is 0 Å². The van der Waals surface area contributed by atoms with Crippen LogP contribution in [0.1, 0.15) is 46.8 Å². The number of hydrogen-bond donors (Lipinski definition) is 1. The van der Waals surface area contributed by atoms with Crippen molar-refractivity contribution in [1.82, 2.24) is 9.88 Å². The molecule has 1 aliphatic carbocycles. The first-order valence-electron chi connectivity index (χ1n) is 10.7. The molecule has 1 aliphatic heterocycles. The van der Waals surface area contributed by atoms with E-state index in [1.807, 2.05) is 31.2 Å². The Morgan fingerprint density at radius 3 is 2.18 bits per heavy atom. The Hall–Kier alpha value is -3.35. The summed E-state index contributed by atoms with van der Waals surface area (Å²) in [6.45, 7) is 6.04. The summed E-state index contributed by atoms with van der Waals surface area (Å²) in [5.41, 5.74) is 2.56. The van der Waals surface area contributed by atoms with E-state index < -0.39 is 40.7 Å². The molecule has 1 unspecified atom stereocenters. The number of hydrogen-bond acceptors (Lipinski definition) is 1. The number of fused-ring (bicyclic) bond motifs is 3. The summed E-state index contributed by atoms with van der Waals surface area (Å²) < 4.78 is 70.8. The van der Waals surface area contributed by atoms with Gasteiger partial charge in [-0.3, -0.25) is 0 Å². The first-order valence-corrected chi connectivity index (χ1v) is 10.7. The van der Waals surface area contributed by atoms with Gasteiger partial charge in [-0.2, -0.15) is 0 Å². The van der Waals surface area contributed by atoms with Crippen molar-refractivity contribution in [3.05, 3.63) is 98.4 Å². The zero-order valence-corrected chi connectivity index (χ0v) is 17.9. The summed E-state index contributed by atoms with van der Waals surface area (Å²) in [5.74, 6) is -9.89. The Bertz CT molecular complexity index is 1370. The Morgan fingerprint density at radius 1 is 0.909 bits per heavy atom. The molecule has 1 N–H and O–H groups in total. The molecule has 2 aliphatic rings. The van der Waals surface area contributed by atoms with Gasteiger partial charge in [0.1, 0.15) is 0 Å². The average Bonchev–Trinajstić information content (AvgIpc) is 3.20. The summed E-state index contributed by atoms with van der Waals surface area (Å²) in [6.07, 6.45) is 6.66. The van der Waals surface area contributed by atoms with Crippen molar-refractivity contribution in [2.45, 2.75) is 32.2 Å². The van der Waals surface area contributed by atoms with Crippen molar-refractivity contribution in [2.75, 3.05) is 6.54 Å².